The minimum Gasteiger partial charge on any atom is -0.384 e. The van der Waals surface area contributed by atoms with Gasteiger partial charge in [-0.2, -0.15) is 0 Å². The SMILES string of the molecule is ICCCCCNc1ccnc2ccccc12. The molecule has 90 valence electrons. The highest BCUT2D eigenvalue weighted by atomic mass is 127. The summed E-state index contributed by atoms with van der Waals surface area (Å²) in [4.78, 5) is 4.36. The van der Waals surface area contributed by atoms with E-state index < -0.39 is 0 Å². The number of pyridine rings is 1. The minimum atomic E-state index is 1.05. The van der Waals surface area contributed by atoms with E-state index in [0.29, 0.717) is 0 Å². The molecule has 17 heavy (non-hydrogen) atoms. The Morgan fingerprint density at radius 3 is 2.82 bits per heavy atom. The van der Waals surface area contributed by atoms with E-state index in [2.05, 4.69) is 57.2 Å². The monoisotopic (exact) mass is 340 g/mol. The van der Waals surface area contributed by atoms with Crippen LogP contribution in [0.4, 0.5) is 5.69 Å². The van der Waals surface area contributed by atoms with Gasteiger partial charge in [0.1, 0.15) is 0 Å². The molecular formula is C14H17IN2. The maximum absolute atomic E-state index is 4.36. The molecule has 2 rings (SSSR count). The summed E-state index contributed by atoms with van der Waals surface area (Å²) < 4.78 is 1.26. The van der Waals surface area contributed by atoms with E-state index in [-0.39, 0.29) is 0 Å². The van der Waals surface area contributed by atoms with Gasteiger partial charge in [-0.25, -0.2) is 0 Å². The summed E-state index contributed by atoms with van der Waals surface area (Å²) in [7, 11) is 0. The molecule has 0 aliphatic rings. The van der Waals surface area contributed by atoms with Gasteiger partial charge in [0.2, 0.25) is 0 Å². The minimum absolute atomic E-state index is 1.05. The Balaban J connectivity index is 1.98. The summed E-state index contributed by atoms with van der Waals surface area (Å²) in [5, 5.41) is 4.72. The van der Waals surface area contributed by atoms with Gasteiger partial charge in [-0.3, -0.25) is 4.98 Å². The standard InChI is InChI=1S/C14H17IN2/c15-9-4-1-5-10-16-14-8-11-17-13-7-3-2-6-12(13)14/h2-3,6-8,11H,1,4-5,9-10H2,(H,16,17). The van der Waals surface area contributed by atoms with Crippen molar-refractivity contribution in [2.75, 3.05) is 16.3 Å². The highest BCUT2D eigenvalue weighted by Gasteiger charge is 1.99. The number of fused-ring (bicyclic) bond motifs is 1. The lowest BCUT2D eigenvalue weighted by Gasteiger charge is -2.08. The van der Waals surface area contributed by atoms with Gasteiger partial charge >= 0.3 is 0 Å². The first kappa shape index (κ1) is 12.6. The summed E-state index contributed by atoms with van der Waals surface area (Å²) >= 11 is 2.43. The quantitative estimate of drug-likeness (QED) is 0.483. The van der Waals surface area contributed by atoms with Gasteiger partial charge in [0.05, 0.1) is 5.52 Å². The molecule has 0 spiro atoms. The van der Waals surface area contributed by atoms with Crippen LogP contribution in [0.5, 0.6) is 0 Å². The van der Waals surface area contributed by atoms with Crippen molar-refractivity contribution in [3.63, 3.8) is 0 Å². The smallest absolute Gasteiger partial charge is 0.0722 e. The van der Waals surface area contributed by atoms with Crippen molar-refractivity contribution in [3.05, 3.63) is 36.5 Å². The van der Waals surface area contributed by atoms with Gasteiger partial charge in [0.15, 0.2) is 0 Å². The summed E-state index contributed by atoms with van der Waals surface area (Å²) in [6, 6.07) is 10.3. The molecule has 0 aliphatic carbocycles. The van der Waals surface area contributed by atoms with Crippen molar-refractivity contribution in [2.24, 2.45) is 0 Å². The first-order chi connectivity index (χ1) is 8.42. The second-order valence-electron chi connectivity index (χ2n) is 4.05. The lowest BCUT2D eigenvalue weighted by Crippen LogP contribution is -2.02. The molecule has 3 heteroatoms. The zero-order valence-electron chi connectivity index (χ0n) is 9.82. The average molecular weight is 340 g/mol. The van der Waals surface area contributed by atoms with Crippen LogP contribution in [0.25, 0.3) is 10.9 Å². The molecular weight excluding hydrogens is 323 g/mol. The molecule has 0 radical (unpaired) electrons. The van der Waals surface area contributed by atoms with Crippen LogP contribution >= 0.6 is 22.6 Å². The van der Waals surface area contributed by atoms with Crippen LogP contribution in [0.1, 0.15) is 19.3 Å². The first-order valence-electron chi connectivity index (χ1n) is 6.05. The van der Waals surface area contributed by atoms with Gasteiger partial charge in [0.25, 0.3) is 0 Å². The molecule has 1 heterocycles. The van der Waals surface area contributed by atoms with E-state index in [1.54, 1.807) is 0 Å². The van der Waals surface area contributed by atoms with E-state index in [0.717, 1.165) is 12.1 Å². The highest BCUT2D eigenvalue weighted by molar-refractivity contribution is 14.1. The second kappa shape index (κ2) is 6.79. The molecule has 1 aromatic carbocycles. The summed E-state index contributed by atoms with van der Waals surface area (Å²) in [5.41, 5.74) is 2.26. The van der Waals surface area contributed by atoms with Crippen LogP contribution in [0, 0.1) is 0 Å². The molecule has 0 saturated carbocycles. The van der Waals surface area contributed by atoms with E-state index >= 15 is 0 Å². The van der Waals surface area contributed by atoms with Crippen LogP contribution in [0.3, 0.4) is 0 Å². The number of benzene rings is 1. The number of unbranched alkanes of at least 4 members (excludes halogenated alkanes) is 2. The third-order valence-corrected chi connectivity index (χ3v) is 3.54. The Morgan fingerprint density at radius 1 is 1.06 bits per heavy atom. The van der Waals surface area contributed by atoms with E-state index in [4.69, 9.17) is 0 Å². The zero-order chi connectivity index (χ0) is 11.9. The maximum Gasteiger partial charge on any atom is 0.0722 e. The Morgan fingerprint density at radius 2 is 1.94 bits per heavy atom. The number of rotatable bonds is 6. The fourth-order valence-corrected chi connectivity index (χ4v) is 2.41. The number of anilines is 1. The molecule has 0 fully saturated rings. The highest BCUT2D eigenvalue weighted by Crippen LogP contribution is 2.20. The van der Waals surface area contributed by atoms with E-state index in [1.807, 2.05) is 12.3 Å². The van der Waals surface area contributed by atoms with Crippen LogP contribution in [-0.4, -0.2) is 16.0 Å². The molecule has 0 aliphatic heterocycles. The molecule has 0 unspecified atom stereocenters. The largest absolute Gasteiger partial charge is 0.384 e. The van der Waals surface area contributed by atoms with Crippen molar-refractivity contribution in [3.8, 4) is 0 Å². The molecule has 2 aromatic rings. The molecule has 1 aromatic heterocycles. The van der Waals surface area contributed by atoms with Gasteiger partial charge in [-0.15, -0.1) is 0 Å². The van der Waals surface area contributed by atoms with Crippen molar-refractivity contribution in [1.29, 1.82) is 0 Å². The maximum atomic E-state index is 4.36. The molecule has 0 bridgehead atoms. The predicted molar refractivity (Wildman–Crippen MR) is 83.0 cm³/mol. The third kappa shape index (κ3) is 3.56. The zero-order valence-corrected chi connectivity index (χ0v) is 12.0. The fourth-order valence-electron chi connectivity index (χ4n) is 1.87. The van der Waals surface area contributed by atoms with E-state index in [9.17, 15) is 0 Å². The first-order valence-corrected chi connectivity index (χ1v) is 7.58. The lowest BCUT2D eigenvalue weighted by molar-refractivity contribution is 0.755. The second-order valence-corrected chi connectivity index (χ2v) is 5.13. The summed E-state index contributed by atoms with van der Waals surface area (Å²) in [5.74, 6) is 0. The Labute approximate surface area is 116 Å². The van der Waals surface area contributed by atoms with Crippen molar-refractivity contribution in [2.45, 2.75) is 19.3 Å². The van der Waals surface area contributed by atoms with Crippen LogP contribution in [-0.2, 0) is 0 Å². The molecule has 2 nitrogen and oxygen atoms in total. The van der Waals surface area contributed by atoms with Crippen molar-refractivity contribution < 1.29 is 0 Å². The number of nitrogens with zero attached hydrogens (tertiary/aromatic N) is 1. The number of para-hydroxylation sites is 1. The third-order valence-electron chi connectivity index (χ3n) is 2.77. The van der Waals surface area contributed by atoms with Crippen LogP contribution in [0.2, 0.25) is 0 Å². The Kier molecular flexibility index (Phi) is 5.04. The number of halogens is 1. The van der Waals surface area contributed by atoms with Crippen LogP contribution < -0.4 is 5.32 Å². The number of hydrogen-bond acceptors (Lipinski definition) is 2. The topological polar surface area (TPSA) is 24.9 Å². The Hall–Kier alpha value is -0.840. The van der Waals surface area contributed by atoms with Gasteiger partial charge in [0, 0.05) is 23.8 Å². The van der Waals surface area contributed by atoms with Crippen molar-refractivity contribution in [1.82, 2.24) is 4.98 Å². The predicted octanol–water partition coefficient (Wildman–Crippen LogP) is 4.25. The summed E-state index contributed by atoms with van der Waals surface area (Å²) in [6.07, 6.45) is 5.73. The summed E-state index contributed by atoms with van der Waals surface area (Å²) in [6.45, 7) is 1.05. The molecule has 0 atom stereocenters. The van der Waals surface area contributed by atoms with E-state index in [1.165, 1.54) is 34.8 Å². The lowest BCUT2D eigenvalue weighted by atomic mass is 10.2. The van der Waals surface area contributed by atoms with Gasteiger partial charge < -0.3 is 5.32 Å². The molecule has 0 saturated heterocycles. The fraction of sp³-hybridized carbons (Fsp3) is 0.357. The van der Waals surface area contributed by atoms with Gasteiger partial charge in [-0.1, -0.05) is 47.2 Å². The Bertz CT molecular complexity index is 465. The normalized spacial score (nSPS) is 10.6. The molecule has 0 amide bonds. The average Bonchev–Trinajstić information content (AvgIpc) is 2.39. The number of alkyl halides is 1. The molecule has 1 N–H and O–H groups in total. The van der Waals surface area contributed by atoms with Gasteiger partial charge in [-0.05, 0) is 29.4 Å². The van der Waals surface area contributed by atoms with Crippen molar-refractivity contribution >= 4 is 39.2 Å². The number of nitrogens with one attached hydrogen (secondary N) is 1. The number of hydrogen-bond donors (Lipinski definition) is 1. The van der Waals surface area contributed by atoms with Crippen LogP contribution in [0.15, 0.2) is 36.5 Å². The number of aromatic nitrogens is 1.